The molecule has 0 saturated carbocycles. The second-order valence-corrected chi connectivity index (χ2v) is 6.26. The van der Waals surface area contributed by atoms with Gasteiger partial charge in [-0.05, 0) is 18.6 Å². The fourth-order valence-corrected chi connectivity index (χ4v) is 3.23. The Morgan fingerprint density at radius 2 is 1.86 bits per heavy atom. The maximum atomic E-state index is 12.7. The Balaban J connectivity index is 0.000000706. The number of rotatable bonds is 2. The monoisotopic (exact) mass is 379 g/mol. The normalized spacial score (nSPS) is 12.9. The van der Waals surface area contributed by atoms with E-state index >= 15 is 0 Å². The summed E-state index contributed by atoms with van der Waals surface area (Å²) in [5.74, 6) is 0.410. The number of H-pyrrole nitrogens is 1. The number of aromatic nitrogens is 3. The number of aromatic amines is 1. The standard InChI is InChI=1S/C19H19N5O.CH2O2/c20-17-7-6-14(12-21-17)19(25)24-10-8-15-16(9-11-24)22-23-18(15)13-4-2-1-3-5-13;2-1-3/h1-7,12H,8-11H2,(H2,20,21)(H,22,23);1H,(H,2,3). The minimum Gasteiger partial charge on any atom is -0.483 e. The molecule has 8 heteroatoms. The van der Waals surface area contributed by atoms with E-state index in [0.717, 1.165) is 29.8 Å². The predicted octanol–water partition coefficient (Wildman–Crippen LogP) is 2.00. The van der Waals surface area contributed by atoms with Crippen molar-refractivity contribution < 1.29 is 14.7 Å². The SMILES string of the molecule is Nc1ccc(C(=O)N2CCc3[nH]nc(-c4ccccc4)c3CC2)cn1.O=CO. The number of anilines is 1. The summed E-state index contributed by atoms with van der Waals surface area (Å²) in [5, 5.41) is 14.5. The number of amides is 1. The van der Waals surface area contributed by atoms with Crippen LogP contribution in [-0.2, 0) is 17.6 Å². The van der Waals surface area contributed by atoms with E-state index in [0.29, 0.717) is 24.5 Å². The lowest BCUT2D eigenvalue weighted by atomic mass is 10.0. The lowest BCUT2D eigenvalue weighted by molar-refractivity contribution is -0.122. The van der Waals surface area contributed by atoms with Crippen LogP contribution in [0, 0.1) is 0 Å². The number of hydrogen-bond acceptors (Lipinski definition) is 5. The second kappa shape index (κ2) is 8.81. The molecule has 3 heterocycles. The first-order valence-corrected chi connectivity index (χ1v) is 8.84. The van der Waals surface area contributed by atoms with E-state index in [2.05, 4.69) is 27.3 Å². The summed E-state index contributed by atoms with van der Waals surface area (Å²) < 4.78 is 0. The quantitative estimate of drug-likeness (QED) is 0.585. The van der Waals surface area contributed by atoms with Crippen LogP contribution in [0.2, 0.25) is 0 Å². The van der Waals surface area contributed by atoms with Crippen LogP contribution in [0.4, 0.5) is 5.82 Å². The van der Waals surface area contributed by atoms with Crippen LogP contribution in [0.15, 0.2) is 48.7 Å². The van der Waals surface area contributed by atoms with Crippen LogP contribution in [0.5, 0.6) is 0 Å². The highest BCUT2D eigenvalue weighted by molar-refractivity contribution is 5.94. The van der Waals surface area contributed by atoms with E-state index in [1.807, 2.05) is 23.1 Å². The Morgan fingerprint density at radius 3 is 2.54 bits per heavy atom. The van der Waals surface area contributed by atoms with Crippen LogP contribution < -0.4 is 5.73 Å². The Hall–Kier alpha value is -3.68. The van der Waals surface area contributed by atoms with Gasteiger partial charge in [-0.2, -0.15) is 5.10 Å². The fourth-order valence-electron chi connectivity index (χ4n) is 3.23. The molecule has 28 heavy (non-hydrogen) atoms. The molecule has 1 amide bonds. The van der Waals surface area contributed by atoms with Crippen molar-refractivity contribution in [3.63, 3.8) is 0 Å². The van der Waals surface area contributed by atoms with Crippen LogP contribution in [0.25, 0.3) is 11.3 Å². The molecule has 1 aliphatic heterocycles. The predicted molar refractivity (Wildman–Crippen MR) is 105 cm³/mol. The topological polar surface area (TPSA) is 125 Å². The molecule has 1 aliphatic rings. The van der Waals surface area contributed by atoms with Gasteiger partial charge >= 0.3 is 0 Å². The maximum absolute atomic E-state index is 12.7. The molecule has 0 spiro atoms. The van der Waals surface area contributed by atoms with Crippen LogP contribution >= 0.6 is 0 Å². The van der Waals surface area contributed by atoms with Gasteiger partial charge in [0.05, 0.1) is 11.3 Å². The number of nitrogens with one attached hydrogen (secondary N) is 1. The van der Waals surface area contributed by atoms with Gasteiger partial charge in [-0.25, -0.2) is 4.98 Å². The highest BCUT2D eigenvalue weighted by Crippen LogP contribution is 2.26. The van der Waals surface area contributed by atoms with Crippen molar-refractivity contribution >= 4 is 18.2 Å². The van der Waals surface area contributed by atoms with E-state index in [-0.39, 0.29) is 12.4 Å². The minimum absolute atomic E-state index is 0.00752. The van der Waals surface area contributed by atoms with Crippen LogP contribution in [-0.4, -0.2) is 50.7 Å². The van der Waals surface area contributed by atoms with Gasteiger partial charge in [0.25, 0.3) is 12.4 Å². The zero-order valence-electron chi connectivity index (χ0n) is 15.2. The summed E-state index contributed by atoms with van der Waals surface area (Å²) in [4.78, 5) is 27.0. The van der Waals surface area contributed by atoms with E-state index in [4.69, 9.17) is 15.6 Å². The van der Waals surface area contributed by atoms with Crippen molar-refractivity contribution in [2.75, 3.05) is 18.8 Å². The molecule has 8 nitrogen and oxygen atoms in total. The molecule has 0 aliphatic carbocycles. The molecule has 0 radical (unpaired) electrons. The van der Waals surface area contributed by atoms with Crippen molar-refractivity contribution in [2.24, 2.45) is 0 Å². The molecule has 2 aromatic heterocycles. The Bertz CT molecular complexity index is 938. The van der Waals surface area contributed by atoms with Crippen molar-refractivity contribution in [2.45, 2.75) is 12.8 Å². The van der Waals surface area contributed by atoms with Crippen molar-refractivity contribution in [3.05, 3.63) is 65.5 Å². The summed E-state index contributed by atoms with van der Waals surface area (Å²) in [7, 11) is 0. The van der Waals surface area contributed by atoms with Crippen LogP contribution in [0.3, 0.4) is 0 Å². The minimum atomic E-state index is -0.250. The first-order chi connectivity index (χ1) is 13.6. The lowest BCUT2D eigenvalue weighted by Crippen LogP contribution is -2.33. The Labute approximate surface area is 162 Å². The van der Waals surface area contributed by atoms with Gasteiger partial charge in [-0.3, -0.25) is 14.7 Å². The third-order valence-corrected chi connectivity index (χ3v) is 4.58. The number of nitrogens with two attached hydrogens (primary N) is 1. The number of nitrogen functional groups attached to an aromatic ring is 1. The molecule has 3 aromatic rings. The summed E-state index contributed by atoms with van der Waals surface area (Å²) in [6, 6.07) is 13.5. The van der Waals surface area contributed by atoms with Gasteiger partial charge in [0.1, 0.15) is 5.82 Å². The van der Waals surface area contributed by atoms with Crippen molar-refractivity contribution in [3.8, 4) is 11.3 Å². The van der Waals surface area contributed by atoms with Crippen molar-refractivity contribution in [1.82, 2.24) is 20.1 Å². The van der Waals surface area contributed by atoms with Gasteiger partial charge in [-0.15, -0.1) is 0 Å². The fraction of sp³-hybridized carbons (Fsp3) is 0.200. The first-order valence-electron chi connectivity index (χ1n) is 8.84. The molecule has 0 saturated heterocycles. The van der Waals surface area contributed by atoms with E-state index in [1.54, 1.807) is 18.3 Å². The third kappa shape index (κ3) is 4.17. The molecular weight excluding hydrogens is 358 g/mol. The number of carboxylic acid groups (broad SMARTS) is 1. The van der Waals surface area contributed by atoms with E-state index in [1.165, 1.54) is 5.56 Å². The van der Waals surface area contributed by atoms with Crippen molar-refractivity contribution in [1.29, 1.82) is 0 Å². The number of carbonyl (C=O) groups is 2. The average molecular weight is 379 g/mol. The number of hydrogen-bond donors (Lipinski definition) is 3. The van der Waals surface area contributed by atoms with Crippen LogP contribution in [0.1, 0.15) is 21.6 Å². The zero-order valence-corrected chi connectivity index (χ0v) is 15.2. The van der Waals surface area contributed by atoms with Gasteiger partial charge < -0.3 is 15.7 Å². The number of carbonyl (C=O) groups excluding carboxylic acids is 1. The molecule has 4 N–H and O–H groups in total. The largest absolute Gasteiger partial charge is 0.483 e. The summed E-state index contributed by atoms with van der Waals surface area (Å²) in [6.07, 6.45) is 3.09. The molecule has 0 bridgehead atoms. The summed E-state index contributed by atoms with van der Waals surface area (Å²) >= 11 is 0. The Kier molecular flexibility index (Phi) is 6.01. The lowest BCUT2D eigenvalue weighted by Gasteiger charge is -2.20. The third-order valence-electron chi connectivity index (χ3n) is 4.58. The average Bonchev–Trinajstić information content (AvgIpc) is 3.01. The summed E-state index contributed by atoms with van der Waals surface area (Å²) in [5.41, 5.74) is 10.6. The molecular formula is C20H21N5O3. The van der Waals surface area contributed by atoms with Gasteiger partial charge in [0.15, 0.2) is 0 Å². The van der Waals surface area contributed by atoms with Gasteiger partial charge in [0.2, 0.25) is 0 Å². The molecule has 0 atom stereocenters. The molecule has 144 valence electrons. The highest BCUT2D eigenvalue weighted by Gasteiger charge is 2.23. The number of fused-ring (bicyclic) bond motifs is 1. The number of nitrogens with zero attached hydrogens (tertiary/aromatic N) is 3. The highest BCUT2D eigenvalue weighted by atomic mass is 16.3. The van der Waals surface area contributed by atoms with Gasteiger partial charge in [-0.1, -0.05) is 30.3 Å². The van der Waals surface area contributed by atoms with E-state index in [9.17, 15) is 4.79 Å². The number of benzene rings is 1. The Morgan fingerprint density at radius 1 is 1.14 bits per heavy atom. The molecule has 0 unspecified atom stereocenters. The second-order valence-electron chi connectivity index (χ2n) is 6.26. The molecule has 4 rings (SSSR count). The zero-order chi connectivity index (χ0) is 19.9. The van der Waals surface area contributed by atoms with Gasteiger partial charge in [0, 0.05) is 42.5 Å². The molecule has 0 fully saturated rings. The smallest absolute Gasteiger partial charge is 0.290 e. The summed E-state index contributed by atoms with van der Waals surface area (Å²) in [6.45, 7) is 1.07. The molecule has 1 aromatic carbocycles. The number of pyridine rings is 1. The first kappa shape index (κ1) is 19.1. The van der Waals surface area contributed by atoms with E-state index < -0.39 is 0 Å². The maximum Gasteiger partial charge on any atom is 0.290 e.